The van der Waals surface area contributed by atoms with Crippen molar-refractivity contribution in [2.75, 3.05) is 18.5 Å². The molecule has 0 aromatic carbocycles. The maximum atomic E-state index is 12.5. The van der Waals surface area contributed by atoms with Gasteiger partial charge in [0.25, 0.3) is 0 Å². The first-order chi connectivity index (χ1) is 9.06. The molecule has 102 valence electrons. The van der Waals surface area contributed by atoms with Gasteiger partial charge in [-0.15, -0.1) is 0 Å². The van der Waals surface area contributed by atoms with E-state index in [1.807, 2.05) is 19.1 Å². The van der Waals surface area contributed by atoms with Gasteiger partial charge in [0.1, 0.15) is 11.2 Å². The number of anilines is 1. The second-order valence-electron chi connectivity index (χ2n) is 4.68. The number of nitrogens with two attached hydrogens (primary N) is 1. The molecule has 0 spiro atoms. The van der Waals surface area contributed by atoms with Crippen LogP contribution in [-0.4, -0.2) is 29.1 Å². The minimum atomic E-state index is -0.822. The van der Waals surface area contributed by atoms with Gasteiger partial charge in [-0.1, -0.05) is 18.3 Å². The molecule has 1 fully saturated rings. The van der Waals surface area contributed by atoms with E-state index in [-0.39, 0.29) is 10.9 Å². The van der Waals surface area contributed by atoms with Crippen LogP contribution in [0, 0.1) is 12.3 Å². The number of hydrogen-bond donors (Lipinski definition) is 2. The van der Waals surface area contributed by atoms with Gasteiger partial charge >= 0.3 is 0 Å². The average molecular weight is 279 g/mol. The Labute approximate surface area is 117 Å². The number of aromatic nitrogens is 1. The van der Waals surface area contributed by atoms with Crippen molar-refractivity contribution in [3.05, 3.63) is 23.9 Å². The topological polar surface area (TPSA) is 77.2 Å². The number of nitrogens with zero attached hydrogens (tertiary/aromatic N) is 1. The van der Waals surface area contributed by atoms with Crippen LogP contribution in [0.4, 0.5) is 5.82 Å². The number of hydrogen-bond acceptors (Lipinski definition) is 4. The maximum absolute atomic E-state index is 12.5. The van der Waals surface area contributed by atoms with Gasteiger partial charge in [0.05, 0.1) is 4.99 Å². The SMILES string of the molecule is Cc1cccnc1NC(=O)C1(C(N)=S)CCOCC1. The van der Waals surface area contributed by atoms with Gasteiger partial charge in [0.2, 0.25) is 5.91 Å². The van der Waals surface area contributed by atoms with Crippen molar-refractivity contribution in [1.82, 2.24) is 4.98 Å². The molecule has 0 aliphatic carbocycles. The van der Waals surface area contributed by atoms with Crippen molar-refractivity contribution in [3.8, 4) is 0 Å². The largest absolute Gasteiger partial charge is 0.392 e. The van der Waals surface area contributed by atoms with Crippen molar-refractivity contribution in [1.29, 1.82) is 0 Å². The zero-order valence-electron chi connectivity index (χ0n) is 10.8. The van der Waals surface area contributed by atoms with E-state index in [2.05, 4.69) is 10.3 Å². The van der Waals surface area contributed by atoms with E-state index in [0.717, 1.165) is 5.56 Å². The van der Waals surface area contributed by atoms with E-state index in [1.165, 1.54) is 0 Å². The Bertz CT molecular complexity index is 498. The molecule has 3 N–H and O–H groups in total. The summed E-state index contributed by atoms with van der Waals surface area (Å²) in [5.74, 6) is 0.361. The molecule has 0 radical (unpaired) electrons. The van der Waals surface area contributed by atoms with Crippen LogP contribution < -0.4 is 11.1 Å². The molecule has 1 aliphatic heterocycles. The van der Waals surface area contributed by atoms with E-state index in [4.69, 9.17) is 22.7 Å². The molecular formula is C13H17N3O2S. The highest BCUT2D eigenvalue weighted by Crippen LogP contribution is 2.32. The zero-order valence-corrected chi connectivity index (χ0v) is 11.6. The van der Waals surface area contributed by atoms with Gasteiger partial charge in [0, 0.05) is 19.4 Å². The number of carbonyl (C=O) groups is 1. The molecule has 5 nitrogen and oxygen atoms in total. The standard InChI is InChI=1S/C13H17N3O2S/c1-9-3-2-6-15-10(9)16-12(17)13(11(14)19)4-7-18-8-5-13/h2-3,6H,4-5,7-8H2,1H3,(H2,14,19)(H,15,16,17). The third kappa shape index (κ3) is 2.74. The lowest BCUT2D eigenvalue weighted by molar-refractivity contribution is -0.126. The van der Waals surface area contributed by atoms with Crippen LogP contribution in [0.2, 0.25) is 0 Å². The lowest BCUT2D eigenvalue weighted by Crippen LogP contribution is -2.49. The van der Waals surface area contributed by atoms with Gasteiger partial charge in [-0.25, -0.2) is 4.98 Å². The highest BCUT2D eigenvalue weighted by atomic mass is 32.1. The Hall–Kier alpha value is -1.53. The van der Waals surface area contributed by atoms with Crippen LogP contribution in [0.1, 0.15) is 18.4 Å². The number of ether oxygens (including phenoxy) is 1. The Kier molecular flexibility index (Phi) is 4.11. The van der Waals surface area contributed by atoms with Gasteiger partial charge in [0.15, 0.2) is 0 Å². The number of amides is 1. The third-order valence-electron chi connectivity index (χ3n) is 3.49. The van der Waals surface area contributed by atoms with Crippen LogP contribution in [0.15, 0.2) is 18.3 Å². The van der Waals surface area contributed by atoms with Crippen LogP contribution in [0.25, 0.3) is 0 Å². The quantitative estimate of drug-likeness (QED) is 0.818. The lowest BCUT2D eigenvalue weighted by atomic mass is 9.79. The van der Waals surface area contributed by atoms with E-state index in [1.54, 1.807) is 6.20 Å². The first kappa shape index (κ1) is 13.9. The zero-order chi connectivity index (χ0) is 13.9. The summed E-state index contributed by atoms with van der Waals surface area (Å²) in [5, 5.41) is 2.83. The number of carbonyl (C=O) groups excluding carboxylic acids is 1. The number of thiocarbonyl (C=S) groups is 1. The number of nitrogens with one attached hydrogen (secondary N) is 1. The number of pyridine rings is 1. The molecule has 2 heterocycles. The predicted molar refractivity (Wildman–Crippen MR) is 76.9 cm³/mol. The molecular weight excluding hydrogens is 262 g/mol. The molecule has 1 aromatic heterocycles. The minimum absolute atomic E-state index is 0.190. The summed E-state index contributed by atoms with van der Waals surface area (Å²) in [6, 6.07) is 3.71. The van der Waals surface area contributed by atoms with Crippen LogP contribution in [0.5, 0.6) is 0 Å². The molecule has 19 heavy (non-hydrogen) atoms. The van der Waals surface area contributed by atoms with E-state index < -0.39 is 5.41 Å². The van der Waals surface area contributed by atoms with Gasteiger partial charge < -0.3 is 15.8 Å². The molecule has 1 aliphatic rings. The van der Waals surface area contributed by atoms with Crippen LogP contribution in [-0.2, 0) is 9.53 Å². The molecule has 1 saturated heterocycles. The second-order valence-corrected chi connectivity index (χ2v) is 5.12. The summed E-state index contributed by atoms with van der Waals surface area (Å²) in [4.78, 5) is 16.9. The van der Waals surface area contributed by atoms with Crippen molar-refractivity contribution in [2.24, 2.45) is 11.1 Å². The molecule has 2 rings (SSSR count). The Morgan fingerprint density at radius 3 is 2.79 bits per heavy atom. The van der Waals surface area contributed by atoms with Gasteiger partial charge in [-0.05, 0) is 31.4 Å². The molecule has 0 bridgehead atoms. The average Bonchev–Trinajstić information content (AvgIpc) is 2.42. The summed E-state index contributed by atoms with van der Waals surface area (Å²) in [6.07, 6.45) is 2.67. The summed E-state index contributed by atoms with van der Waals surface area (Å²) < 4.78 is 5.29. The normalized spacial score (nSPS) is 17.7. The van der Waals surface area contributed by atoms with Crippen molar-refractivity contribution < 1.29 is 9.53 Å². The maximum Gasteiger partial charge on any atom is 0.238 e. The van der Waals surface area contributed by atoms with Crippen LogP contribution >= 0.6 is 12.2 Å². The monoisotopic (exact) mass is 279 g/mol. The highest BCUT2D eigenvalue weighted by molar-refractivity contribution is 7.80. The minimum Gasteiger partial charge on any atom is -0.392 e. The van der Waals surface area contributed by atoms with Crippen molar-refractivity contribution in [3.63, 3.8) is 0 Å². The number of aryl methyl sites for hydroxylation is 1. The molecule has 1 amide bonds. The molecule has 0 saturated carbocycles. The molecule has 1 aromatic rings. The fraction of sp³-hybridized carbons (Fsp3) is 0.462. The van der Waals surface area contributed by atoms with E-state index >= 15 is 0 Å². The Morgan fingerprint density at radius 1 is 1.53 bits per heavy atom. The number of rotatable bonds is 3. The van der Waals surface area contributed by atoms with Gasteiger partial charge in [-0.3, -0.25) is 4.79 Å². The molecule has 0 unspecified atom stereocenters. The highest BCUT2D eigenvalue weighted by Gasteiger charge is 2.43. The smallest absolute Gasteiger partial charge is 0.238 e. The molecule has 0 atom stereocenters. The fourth-order valence-electron chi connectivity index (χ4n) is 2.15. The lowest BCUT2D eigenvalue weighted by Gasteiger charge is -2.34. The second kappa shape index (κ2) is 5.63. The van der Waals surface area contributed by atoms with E-state index in [0.29, 0.717) is 31.9 Å². The summed E-state index contributed by atoms with van der Waals surface area (Å²) >= 11 is 5.09. The molecule has 6 heteroatoms. The predicted octanol–water partition coefficient (Wildman–Crippen LogP) is 1.41. The van der Waals surface area contributed by atoms with Crippen molar-refractivity contribution in [2.45, 2.75) is 19.8 Å². The fourth-order valence-corrected chi connectivity index (χ4v) is 2.45. The van der Waals surface area contributed by atoms with E-state index in [9.17, 15) is 4.79 Å². The summed E-state index contributed by atoms with van der Waals surface area (Å²) in [5.41, 5.74) is 5.87. The van der Waals surface area contributed by atoms with Crippen LogP contribution in [0.3, 0.4) is 0 Å². The third-order valence-corrected chi connectivity index (χ3v) is 3.88. The Morgan fingerprint density at radius 2 is 2.21 bits per heavy atom. The first-order valence-corrected chi connectivity index (χ1v) is 6.58. The Balaban J connectivity index is 2.21. The summed E-state index contributed by atoms with van der Waals surface area (Å²) in [7, 11) is 0. The summed E-state index contributed by atoms with van der Waals surface area (Å²) in [6.45, 7) is 2.87. The first-order valence-electron chi connectivity index (χ1n) is 6.17. The van der Waals surface area contributed by atoms with Crippen molar-refractivity contribution >= 4 is 28.9 Å². The van der Waals surface area contributed by atoms with Gasteiger partial charge in [-0.2, -0.15) is 0 Å².